The largest absolute Gasteiger partial charge is 0.496 e. The number of anilines is 2. The van der Waals surface area contributed by atoms with E-state index in [0.717, 1.165) is 39.3 Å². The predicted molar refractivity (Wildman–Crippen MR) is 127 cm³/mol. The van der Waals surface area contributed by atoms with Gasteiger partial charge < -0.3 is 15.4 Å². The van der Waals surface area contributed by atoms with Gasteiger partial charge in [-0.25, -0.2) is 4.98 Å². The molecule has 1 aliphatic heterocycles. The number of methoxy groups -OCH3 is 1. The summed E-state index contributed by atoms with van der Waals surface area (Å²) in [4.78, 5) is 18.4. The predicted octanol–water partition coefficient (Wildman–Crippen LogP) is 5.28. The summed E-state index contributed by atoms with van der Waals surface area (Å²) in [5.74, 6) is 1.25. The Bertz CT molecular complexity index is 1350. The Morgan fingerprint density at radius 1 is 1.00 bits per heavy atom. The number of ether oxygens (including phenoxy) is 1. The number of hydrogen-bond acceptors (Lipinski definition) is 4. The van der Waals surface area contributed by atoms with Gasteiger partial charge >= 0.3 is 0 Å². The molecule has 1 amide bonds. The van der Waals surface area contributed by atoms with E-state index in [1.807, 2.05) is 86.6 Å². The number of hydrogen-bond donors (Lipinski definition) is 2. The van der Waals surface area contributed by atoms with Crippen LogP contribution in [0.15, 0.2) is 84.1 Å². The number of benzene rings is 3. The number of allylic oxidation sites excluding steroid dienone is 1. The Morgan fingerprint density at radius 3 is 2.50 bits per heavy atom. The van der Waals surface area contributed by atoms with Crippen LogP contribution < -0.4 is 15.4 Å². The van der Waals surface area contributed by atoms with Gasteiger partial charge in [-0.2, -0.15) is 0 Å². The molecular formula is C26H24N4O2. The van der Waals surface area contributed by atoms with Crippen LogP contribution in [0.2, 0.25) is 0 Å². The van der Waals surface area contributed by atoms with Crippen LogP contribution in [-0.4, -0.2) is 22.6 Å². The second-order valence-corrected chi connectivity index (χ2v) is 7.92. The van der Waals surface area contributed by atoms with E-state index in [0.29, 0.717) is 11.5 Å². The van der Waals surface area contributed by atoms with Crippen molar-refractivity contribution in [2.45, 2.75) is 19.9 Å². The summed E-state index contributed by atoms with van der Waals surface area (Å²) in [6.45, 7) is 3.93. The molecule has 1 atom stereocenters. The molecule has 6 heteroatoms. The van der Waals surface area contributed by atoms with Crippen LogP contribution in [0.5, 0.6) is 5.75 Å². The van der Waals surface area contributed by atoms with E-state index in [4.69, 9.17) is 9.72 Å². The minimum Gasteiger partial charge on any atom is -0.496 e. The van der Waals surface area contributed by atoms with Crippen molar-refractivity contribution < 1.29 is 9.53 Å². The zero-order chi connectivity index (χ0) is 22.2. The van der Waals surface area contributed by atoms with Gasteiger partial charge in [0.1, 0.15) is 5.75 Å². The Kier molecular flexibility index (Phi) is 4.90. The number of aryl methyl sites for hydroxylation is 1. The molecule has 5 rings (SSSR count). The number of imidazole rings is 1. The molecule has 0 bridgehead atoms. The van der Waals surface area contributed by atoms with E-state index in [1.165, 1.54) is 0 Å². The maximum Gasteiger partial charge on any atom is 0.255 e. The summed E-state index contributed by atoms with van der Waals surface area (Å²) in [7, 11) is 1.65. The molecule has 6 nitrogen and oxygen atoms in total. The highest BCUT2D eigenvalue weighted by atomic mass is 16.5. The highest BCUT2D eigenvalue weighted by molar-refractivity contribution is 6.06. The van der Waals surface area contributed by atoms with E-state index < -0.39 is 6.04 Å². The van der Waals surface area contributed by atoms with Gasteiger partial charge in [-0.05, 0) is 44.2 Å². The molecule has 160 valence electrons. The fourth-order valence-corrected chi connectivity index (χ4v) is 4.28. The van der Waals surface area contributed by atoms with Crippen molar-refractivity contribution in [3.05, 3.63) is 95.2 Å². The van der Waals surface area contributed by atoms with Crippen LogP contribution in [0.1, 0.15) is 24.1 Å². The fraction of sp³-hybridized carbons (Fsp3) is 0.154. The Balaban J connectivity index is 1.68. The minimum atomic E-state index is -0.403. The van der Waals surface area contributed by atoms with Crippen molar-refractivity contribution in [3.63, 3.8) is 0 Å². The first-order chi connectivity index (χ1) is 15.6. The number of fused-ring (bicyclic) bond motifs is 3. The van der Waals surface area contributed by atoms with E-state index in [2.05, 4.69) is 15.2 Å². The van der Waals surface area contributed by atoms with Gasteiger partial charge in [-0.3, -0.25) is 9.36 Å². The summed E-state index contributed by atoms with van der Waals surface area (Å²) in [5, 5.41) is 6.41. The number of para-hydroxylation sites is 3. The second-order valence-electron chi connectivity index (χ2n) is 7.92. The standard InChI is InChI=1S/C26H24N4O2/c1-16-12-14-18(15-13-16)28-25(31)23-17(2)27-26-29-20-9-5-6-10-21(20)30(26)24(23)19-8-4-7-11-22(19)32-3/h4-15,24H,1-3H3,(H,27,29)(H,28,31)/t24-/m0/s1. The third-order valence-electron chi connectivity index (χ3n) is 5.82. The van der Waals surface area contributed by atoms with E-state index in [1.54, 1.807) is 7.11 Å². The number of carbonyl (C=O) groups excluding carboxylic acids is 1. The first-order valence-electron chi connectivity index (χ1n) is 10.5. The van der Waals surface area contributed by atoms with E-state index in [9.17, 15) is 4.79 Å². The van der Waals surface area contributed by atoms with E-state index in [-0.39, 0.29) is 5.91 Å². The summed E-state index contributed by atoms with van der Waals surface area (Å²) in [5.41, 5.74) is 5.97. The lowest BCUT2D eigenvalue weighted by Gasteiger charge is -2.31. The Morgan fingerprint density at radius 2 is 1.72 bits per heavy atom. The molecule has 0 unspecified atom stereocenters. The Labute approximate surface area is 186 Å². The molecule has 0 aliphatic carbocycles. The zero-order valence-corrected chi connectivity index (χ0v) is 18.2. The lowest BCUT2D eigenvalue weighted by atomic mass is 9.93. The quantitative estimate of drug-likeness (QED) is 0.468. The highest BCUT2D eigenvalue weighted by Gasteiger charge is 2.35. The molecule has 2 N–H and O–H groups in total. The van der Waals surface area contributed by atoms with Gasteiger partial charge in [-0.15, -0.1) is 0 Å². The summed E-state index contributed by atoms with van der Waals surface area (Å²) in [6.07, 6.45) is 0. The Hall–Kier alpha value is -4.06. The van der Waals surface area contributed by atoms with Crippen LogP contribution in [0.3, 0.4) is 0 Å². The van der Waals surface area contributed by atoms with Crippen LogP contribution in [0, 0.1) is 6.92 Å². The maximum atomic E-state index is 13.6. The molecule has 2 heterocycles. The third kappa shape index (κ3) is 3.30. The zero-order valence-electron chi connectivity index (χ0n) is 18.2. The van der Waals surface area contributed by atoms with Crippen molar-refractivity contribution in [2.24, 2.45) is 0 Å². The lowest BCUT2D eigenvalue weighted by molar-refractivity contribution is -0.113. The summed E-state index contributed by atoms with van der Waals surface area (Å²) >= 11 is 0. The summed E-state index contributed by atoms with van der Waals surface area (Å²) in [6, 6.07) is 23.1. The molecule has 1 aromatic heterocycles. The van der Waals surface area contributed by atoms with Gasteiger partial charge in [0.2, 0.25) is 5.95 Å². The van der Waals surface area contributed by atoms with Crippen molar-refractivity contribution in [1.29, 1.82) is 0 Å². The van der Waals surface area contributed by atoms with Crippen LogP contribution in [0.4, 0.5) is 11.6 Å². The number of nitrogens with one attached hydrogen (secondary N) is 2. The molecule has 1 aliphatic rings. The first-order valence-corrected chi connectivity index (χ1v) is 10.5. The molecular weight excluding hydrogens is 400 g/mol. The normalized spacial score (nSPS) is 15.3. The van der Waals surface area contributed by atoms with Crippen molar-refractivity contribution >= 4 is 28.6 Å². The minimum absolute atomic E-state index is 0.168. The van der Waals surface area contributed by atoms with Gasteiger partial charge in [0, 0.05) is 16.9 Å². The monoisotopic (exact) mass is 424 g/mol. The molecule has 0 spiro atoms. The number of carbonyl (C=O) groups is 1. The van der Waals surface area contributed by atoms with E-state index >= 15 is 0 Å². The van der Waals surface area contributed by atoms with Crippen molar-refractivity contribution in [1.82, 2.24) is 9.55 Å². The molecule has 0 radical (unpaired) electrons. The lowest BCUT2D eigenvalue weighted by Crippen LogP contribution is -2.31. The summed E-state index contributed by atoms with van der Waals surface area (Å²) < 4.78 is 7.76. The number of rotatable bonds is 4. The van der Waals surface area contributed by atoms with Crippen molar-refractivity contribution in [3.8, 4) is 5.75 Å². The van der Waals surface area contributed by atoms with Crippen LogP contribution in [-0.2, 0) is 4.79 Å². The number of aromatic nitrogens is 2. The second kappa shape index (κ2) is 7.89. The number of amides is 1. The average molecular weight is 425 g/mol. The molecule has 32 heavy (non-hydrogen) atoms. The maximum absolute atomic E-state index is 13.6. The van der Waals surface area contributed by atoms with Gasteiger partial charge in [-0.1, -0.05) is 48.0 Å². The molecule has 3 aromatic carbocycles. The third-order valence-corrected chi connectivity index (χ3v) is 5.82. The van der Waals surface area contributed by atoms with Gasteiger partial charge in [0.25, 0.3) is 5.91 Å². The van der Waals surface area contributed by atoms with Crippen molar-refractivity contribution in [2.75, 3.05) is 17.7 Å². The number of nitrogens with zero attached hydrogens (tertiary/aromatic N) is 2. The average Bonchev–Trinajstić information content (AvgIpc) is 3.17. The first kappa shape index (κ1) is 19.9. The van der Waals surface area contributed by atoms with Crippen LogP contribution >= 0.6 is 0 Å². The highest BCUT2D eigenvalue weighted by Crippen LogP contribution is 2.42. The fourth-order valence-electron chi connectivity index (χ4n) is 4.28. The molecule has 4 aromatic rings. The topological polar surface area (TPSA) is 68.2 Å². The smallest absolute Gasteiger partial charge is 0.255 e. The SMILES string of the molecule is COc1ccccc1[C@H]1C(C(=O)Nc2ccc(C)cc2)=C(C)Nc2nc3ccccc3n21. The molecule has 0 fully saturated rings. The van der Waals surface area contributed by atoms with Crippen LogP contribution in [0.25, 0.3) is 11.0 Å². The molecule has 0 saturated heterocycles. The molecule has 0 saturated carbocycles. The van der Waals surface area contributed by atoms with Gasteiger partial charge in [0.05, 0.1) is 29.8 Å². The van der Waals surface area contributed by atoms with Gasteiger partial charge in [0.15, 0.2) is 0 Å².